The van der Waals surface area contributed by atoms with E-state index in [1.807, 2.05) is 59.6 Å². The minimum Gasteiger partial charge on any atom is -0.486 e. The first-order chi connectivity index (χ1) is 16.1. The number of halogens is 2. The van der Waals surface area contributed by atoms with Crippen molar-refractivity contribution in [2.45, 2.75) is 13.2 Å². The topological polar surface area (TPSA) is 58.2 Å². The summed E-state index contributed by atoms with van der Waals surface area (Å²) in [5.41, 5.74) is 2.62. The van der Waals surface area contributed by atoms with Crippen molar-refractivity contribution in [2.24, 2.45) is 0 Å². The van der Waals surface area contributed by atoms with Gasteiger partial charge < -0.3 is 14.6 Å². The number of hydrogen-bond donors (Lipinski definition) is 1. The highest BCUT2D eigenvalue weighted by Gasteiger charge is 2.28. The number of nitrogens with one attached hydrogen (secondary N) is 1. The maximum absolute atomic E-state index is 15.2. The molecule has 7 heteroatoms. The predicted molar refractivity (Wildman–Crippen MR) is 121 cm³/mol. The van der Waals surface area contributed by atoms with Gasteiger partial charge in [-0.05, 0) is 35.9 Å². The fourth-order valence-electron chi connectivity index (χ4n) is 3.80. The van der Waals surface area contributed by atoms with Crippen LogP contribution in [0.15, 0.2) is 79.4 Å². The zero-order valence-corrected chi connectivity index (χ0v) is 17.5. The SMILES string of the molecule is O=C(c1c[nH]c2c1CN(c1cccnc1)C=C2)c1c(F)ccc(OCc2ccccc2)c1F. The van der Waals surface area contributed by atoms with E-state index in [0.717, 1.165) is 23.0 Å². The summed E-state index contributed by atoms with van der Waals surface area (Å²) < 4.78 is 35.4. The second-order valence-corrected chi connectivity index (χ2v) is 7.59. The number of aromatic amines is 1. The molecule has 0 aliphatic carbocycles. The Kier molecular flexibility index (Phi) is 5.44. The van der Waals surface area contributed by atoms with Gasteiger partial charge in [0.2, 0.25) is 5.78 Å². The van der Waals surface area contributed by atoms with Gasteiger partial charge in [-0.15, -0.1) is 0 Å². The minimum absolute atomic E-state index is 0.0987. The van der Waals surface area contributed by atoms with Crippen LogP contribution in [-0.2, 0) is 13.2 Å². The Balaban J connectivity index is 1.44. The van der Waals surface area contributed by atoms with Crippen LogP contribution in [0.1, 0.15) is 32.7 Å². The number of anilines is 1. The molecule has 33 heavy (non-hydrogen) atoms. The average molecular weight is 443 g/mol. The van der Waals surface area contributed by atoms with Crippen LogP contribution in [0.5, 0.6) is 5.75 Å². The molecule has 0 unspecified atom stereocenters. The molecule has 2 aromatic carbocycles. The highest BCUT2D eigenvalue weighted by atomic mass is 19.1. The fourth-order valence-corrected chi connectivity index (χ4v) is 3.80. The number of pyridine rings is 1. The van der Waals surface area contributed by atoms with Crippen LogP contribution in [0.4, 0.5) is 14.5 Å². The first-order valence-corrected chi connectivity index (χ1v) is 10.4. The molecule has 5 rings (SSSR count). The molecule has 0 saturated carbocycles. The highest BCUT2D eigenvalue weighted by Crippen LogP contribution is 2.31. The van der Waals surface area contributed by atoms with Crippen LogP contribution < -0.4 is 9.64 Å². The molecular weight excluding hydrogens is 424 g/mol. The van der Waals surface area contributed by atoms with E-state index >= 15 is 4.39 Å². The van der Waals surface area contributed by atoms with Gasteiger partial charge >= 0.3 is 0 Å². The van der Waals surface area contributed by atoms with Crippen LogP contribution in [-0.4, -0.2) is 15.8 Å². The van der Waals surface area contributed by atoms with E-state index < -0.39 is 23.0 Å². The first-order valence-electron chi connectivity index (χ1n) is 10.4. The van der Waals surface area contributed by atoms with Gasteiger partial charge in [-0.25, -0.2) is 8.78 Å². The van der Waals surface area contributed by atoms with E-state index in [1.54, 1.807) is 12.4 Å². The molecule has 0 fully saturated rings. The van der Waals surface area contributed by atoms with Gasteiger partial charge in [0.1, 0.15) is 12.4 Å². The van der Waals surface area contributed by atoms with E-state index in [-0.39, 0.29) is 17.9 Å². The number of H-pyrrole nitrogens is 1. The number of ether oxygens (including phenoxy) is 1. The quantitative estimate of drug-likeness (QED) is 0.401. The highest BCUT2D eigenvalue weighted by molar-refractivity contribution is 6.11. The Hall–Kier alpha value is -4.26. The Morgan fingerprint density at radius 2 is 1.94 bits per heavy atom. The second kappa shape index (κ2) is 8.70. The zero-order chi connectivity index (χ0) is 22.8. The molecule has 0 radical (unpaired) electrons. The van der Waals surface area contributed by atoms with Crippen molar-refractivity contribution >= 4 is 17.5 Å². The summed E-state index contributed by atoms with van der Waals surface area (Å²) in [7, 11) is 0. The first kappa shape index (κ1) is 20.6. The smallest absolute Gasteiger partial charge is 0.200 e. The molecular formula is C26H19F2N3O2. The van der Waals surface area contributed by atoms with Crippen LogP contribution in [0.3, 0.4) is 0 Å². The largest absolute Gasteiger partial charge is 0.486 e. The van der Waals surface area contributed by atoms with Gasteiger partial charge in [-0.3, -0.25) is 9.78 Å². The lowest BCUT2D eigenvalue weighted by Crippen LogP contribution is -2.21. The van der Waals surface area contributed by atoms with Gasteiger partial charge in [0.25, 0.3) is 0 Å². The van der Waals surface area contributed by atoms with Crippen molar-refractivity contribution in [2.75, 3.05) is 4.90 Å². The molecule has 2 aromatic heterocycles. The Morgan fingerprint density at radius 1 is 1.09 bits per heavy atom. The molecule has 0 bridgehead atoms. The van der Waals surface area contributed by atoms with E-state index in [2.05, 4.69) is 9.97 Å². The maximum atomic E-state index is 15.2. The number of nitrogens with zero attached hydrogens (tertiary/aromatic N) is 2. The predicted octanol–water partition coefficient (Wildman–Crippen LogP) is 5.49. The molecule has 1 N–H and O–H groups in total. The third kappa shape index (κ3) is 4.01. The van der Waals surface area contributed by atoms with Gasteiger partial charge in [0, 0.05) is 35.4 Å². The summed E-state index contributed by atoms with van der Waals surface area (Å²) in [4.78, 5) is 22.3. The molecule has 1 aliphatic rings. The van der Waals surface area contributed by atoms with E-state index in [9.17, 15) is 9.18 Å². The summed E-state index contributed by atoms with van der Waals surface area (Å²) in [5.74, 6) is -2.87. The molecule has 4 aromatic rings. The maximum Gasteiger partial charge on any atom is 0.200 e. The normalized spacial score (nSPS) is 12.5. The van der Waals surface area contributed by atoms with Crippen molar-refractivity contribution in [3.05, 3.63) is 119 Å². The average Bonchev–Trinajstić information content (AvgIpc) is 3.28. The van der Waals surface area contributed by atoms with Gasteiger partial charge in [-0.1, -0.05) is 30.3 Å². The van der Waals surface area contributed by atoms with E-state index in [1.165, 1.54) is 12.3 Å². The van der Waals surface area contributed by atoms with Crippen molar-refractivity contribution in [3.8, 4) is 5.75 Å². The molecule has 3 heterocycles. The number of fused-ring (bicyclic) bond motifs is 1. The van der Waals surface area contributed by atoms with Gasteiger partial charge in [0.05, 0.1) is 24.0 Å². The molecule has 5 nitrogen and oxygen atoms in total. The second-order valence-electron chi connectivity index (χ2n) is 7.59. The van der Waals surface area contributed by atoms with E-state index in [4.69, 9.17) is 4.74 Å². The number of rotatable bonds is 6. The summed E-state index contributed by atoms with van der Waals surface area (Å²) in [6.45, 7) is 0.455. The monoisotopic (exact) mass is 443 g/mol. The van der Waals surface area contributed by atoms with Gasteiger partial charge in [-0.2, -0.15) is 0 Å². The third-order valence-electron chi connectivity index (χ3n) is 5.51. The Bertz CT molecular complexity index is 1330. The number of hydrogen-bond acceptors (Lipinski definition) is 4. The van der Waals surface area contributed by atoms with Crippen molar-refractivity contribution in [1.82, 2.24) is 9.97 Å². The van der Waals surface area contributed by atoms with Gasteiger partial charge in [0.15, 0.2) is 11.6 Å². The third-order valence-corrected chi connectivity index (χ3v) is 5.51. The van der Waals surface area contributed by atoms with Crippen molar-refractivity contribution in [1.29, 1.82) is 0 Å². The number of ketones is 1. The number of carbonyl (C=O) groups is 1. The van der Waals surface area contributed by atoms with Crippen LogP contribution in [0, 0.1) is 11.6 Å². The standard InChI is InChI=1S/C26H19F2N3O2/c27-21-8-9-23(33-16-17-5-2-1-3-6-17)25(28)24(21)26(32)19-14-30-22-10-12-31(15-20(19)22)18-7-4-11-29-13-18/h1-14,30H,15-16H2. The summed E-state index contributed by atoms with van der Waals surface area (Å²) >= 11 is 0. The lowest BCUT2D eigenvalue weighted by atomic mass is 9.98. The lowest BCUT2D eigenvalue weighted by molar-refractivity contribution is 0.102. The lowest BCUT2D eigenvalue weighted by Gasteiger charge is -2.24. The molecule has 0 atom stereocenters. The summed E-state index contributed by atoms with van der Waals surface area (Å²) in [6.07, 6.45) is 8.54. The Labute approximate surface area is 189 Å². The summed E-state index contributed by atoms with van der Waals surface area (Å²) in [5, 5.41) is 0. The molecule has 1 aliphatic heterocycles. The number of carbonyl (C=O) groups excluding carboxylic acids is 1. The molecule has 164 valence electrons. The molecule has 0 spiro atoms. The van der Waals surface area contributed by atoms with Crippen LogP contribution in [0.25, 0.3) is 6.08 Å². The van der Waals surface area contributed by atoms with Crippen LogP contribution in [0.2, 0.25) is 0 Å². The van der Waals surface area contributed by atoms with Crippen molar-refractivity contribution < 1.29 is 18.3 Å². The van der Waals surface area contributed by atoms with Crippen LogP contribution >= 0.6 is 0 Å². The minimum atomic E-state index is -1.01. The fraction of sp³-hybridized carbons (Fsp3) is 0.0769. The molecule has 0 saturated heterocycles. The summed E-state index contributed by atoms with van der Waals surface area (Å²) in [6, 6.07) is 15.2. The number of benzene rings is 2. The number of aromatic nitrogens is 2. The Morgan fingerprint density at radius 3 is 2.73 bits per heavy atom. The molecule has 0 amide bonds. The van der Waals surface area contributed by atoms with E-state index in [0.29, 0.717) is 12.1 Å². The van der Waals surface area contributed by atoms with Crippen molar-refractivity contribution in [3.63, 3.8) is 0 Å². The zero-order valence-electron chi connectivity index (χ0n) is 17.5.